The summed E-state index contributed by atoms with van der Waals surface area (Å²) in [4.78, 5) is 35.8. The number of methoxy groups -OCH3 is 1. The molecule has 7 nitrogen and oxygen atoms in total. The minimum atomic E-state index is -1.20. The summed E-state index contributed by atoms with van der Waals surface area (Å²) in [6.07, 6.45) is 0. The van der Waals surface area contributed by atoms with Crippen molar-refractivity contribution in [1.29, 1.82) is 0 Å². The van der Waals surface area contributed by atoms with Crippen LogP contribution < -0.4 is 10.6 Å². The summed E-state index contributed by atoms with van der Waals surface area (Å²) >= 11 is 0. The second-order valence-corrected chi connectivity index (χ2v) is 5.92. The molecule has 0 heterocycles. The van der Waals surface area contributed by atoms with Gasteiger partial charge >= 0.3 is 5.97 Å². The van der Waals surface area contributed by atoms with E-state index < -0.39 is 24.0 Å². The standard InChI is InChI=1S/C17H24N2O5/c1-10(2)14(16(21)18-13(9-24-4)17(22)23)19-15(20)12-7-5-6-11(3)8-12/h5-8,10,13-14H,9H2,1-4H3,(H,18,21)(H,19,20)(H,22,23). The Morgan fingerprint density at radius 2 is 1.88 bits per heavy atom. The van der Waals surface area contributed by atoms with Crippen molar-refractivity contribution in [2.45, 2.75) is 32.9 Å². The smallest absolute Gasteiger partial charge is 0.328 e. The van der Waals surface area contributed by atoms with Crippen LogP contribution in [0.15, 0.2) is 24.3 Å². The van der Waals surface area contributed by atoms with E-state index in [0.717, 1.165) is 5.56 Å². The molecule has 2 amide bonds. The van der Waals surface area contributed by atoms with Gasteiger partial charge in [-0.25, -0.2) is 4.79 Å². The van der Waals surface area contributed by atoms with E-state index in [2.05, 4.69) is 10.6 Å². The summed E-state index contributed by atoms with van der Waals surface area (Å²) in [5, 5.41) is 14.1. The zero-order valence-electron chi connectivity index (χ0n) is 14.3. The third-order valence-corrected chi connectivity index (χ3v) is 3.46. The summed E-state index contributed by atoms with van der Waals surface area (Å²) < 4.78 is 4.79. The molecule has 2 atom stereocenters. The zero-order valence-corrected chi connectivity index (χ0v) is 14.3. The van der Waals surface area contributed by atoms with Crippen molar-refractivity contribution in [3.63, 3.8) is 0 Å². The van der Waals surface area contributed by atoms with Gasteiger partial charge in [-0.15, -0.1) is 0 Å². The first-order valence-electron chi connectivity index (χ1n) is 7.66. The number of amides is 2. The second kappa shape index (κ2) is 9.02. The van der Waals surface area contributed by atoms with Crippen LogP contribution in [0.3, 0.4) is 0 Å². The fourth-order valence-electron chi connectivity index (χ4n) is 2.15. The number of carbonyl (C=O) groups is 3. The highest BCUT2D eigenvalue weighted by molar-refractivity contribution is 5.98. The molecule has 1 aromatic rings. The van der Waals surface area contributed by atoms with Crippen LogP contribution in [0.2, 0.25) is 0 Å². The first-order valence-corrected chi connectivity index (χ1v) is 7.66. The van der Waals surface area contributed by atoms with Crippen molar-refractivity contribution >= 4 is 17.8 Å². The number of carbonyl (C=O) groups excluding carboxylic acids is 2. The van der Waals surface area contributed by atoms with Crippen molar-refractivity contribution in [2.24, 2.45) is 5.92 Å². The van der Waals surface area contributed by atoms with Gasteiger partial charge in [-0.3, -0.25) is 9.59 Å². The monoisotopic (exact) mass is 336 g/mol. The van der Waals surface area contributed by atoms with Crippen molar-refractivity contribution in [3.8, 4) is 0 Å². The minimum Gasteiger partial charge on any atom is -0.480 e. The maximum absolute atomic E-state index is 12.4. The number of hydrogen-bond donors (Lipinski definition) is 3. The van der Waals surface area contributed by atoms with Gasteiger partial charge in [-0.2, -0.15) is 0 Å². The molecule has 132 valence electrons. The molecule has 1 aromatic carbocycles. The van der Waals surface area contributed by atoms with Crippen LogP contribution in [-0.2, 0) is 14.3 Å². The van der Waals surface area contributed by atoms with Crippen LogP contribution in [0.4, 0.5) is 0 Å². The number of aliphatic carboxylic acids is 1. The molecule has 0 aliphatic rings. The Morgan fingerprint density at radius 3 is 2.38 bits per heavy atom. The van der Waals surface area contributed by atoms with Crippen molar-refractivity contribution < 1.29 is 24.2 Å². The summed E-state index contributed by atoms with van der Waals surface area (Å²) in [7, 11) is 1.35. The Kier molecular flexibility index (Phi) is 7.38. The molecule has 0 saturated carbocycles. The SMILES string of the molecule is COCC(NC(=O)C(NC(=O)c1cccc(C)c1)C(C)C)C(=O)O. The lowest BCUT2D eigenvalue weighted by molar-refractivity contribution is -0.143. The Morgan fingerprint density at radius 1 is 1.21 bits per heavy atom. The van der Waals surface area contributed by atoms with E-state index in [0.29, 0.717) is 5.56 Å². The number of ether oxygens (including phenoxy) is 1. The van der Waals surface area contributed by atoms with Crippen LogP contribution in [-0.4, -0.2) is 48.7 Å². The quantitative estimate of drug-likeness (QED) is 0.656. The average Bonchev–Trinajstić information content (AvgIpc) is 2.51. The molecule has 0 aliphatic carbocycles. The van der Waals surface area contributed by atoms with E-state index in [1.807, 2.05) is 13.0 Å². The average molecular weight is 336 g/mol. The largest absolute Gasteiger partial charge is 0.480 e. The van der Waals surface area contributed by atoms with Crippen LogP contribution in [0, 0.1) is 12.8 Å². The maximum Gasteiger partial charge on any atom is 0.328 e. The van der Waals surface area contributed by atoms with Gasteiger partial charge in [0.25, 0.3) is 5.91 Å². The van der Waals surface area contributed by atoms with Crippen molar-refractivity contribution in [2.75, 3.05) is 13.7 Å². The number of hydrogen-bond acceptors (Lipinski definition) is 4. The molecule has 1 rings (SSSR count). The fraction of sp³-hybridized carbons (Fsp3) is 0.471. The number of carboxylic acid groups (broad SMARTS) is 1. The van der Waals surface area contributed by atoms with E-state index in [4.69, 9.17) is 9.84 Å². The molecule has 0 saturated heterocycles. The molecule has 7 heteroatoms. The van der Waals surface area contributed by atoms with E-state index >= 15 is 0 Å². The highest BCUT2D eigenvalue weighted by atomic mass is 16.5. The first kappa shape index (κ1) is 19.6. The maximum atomic E-state index is 12.4. The van der Waals surface area contributed by atoms with Crippen LogP contribution >= 0.6 is 0 Å². The predicted octanol–water partition coefficient (Wildman–Crippen LogP) is 0.965. The summed E-state index contributed by atoms with van der Waals surface area (Å²) in [5.74, 6) is -2.35. The molecule has 3 N–H and O–H groups in total. The normalized spacial score (nSPS) is 13.2. The number of aryl methyl sites for hydroxylation is 1. The van der Waals surface area contributed by atoms with Gasteiger partial charge in [-0.05, 0) is 25.0 Å². The van der Waals surface area contributed by atoms with E-state index in [-0.39, 0.29) is 18.4 Å². The van der Waals surface area contributed by atoms with E-state index in [9.17, 15) is 14.4 Å². The first-order chi connectivity index (χ1) is 11.3. The second-order valence-electron chi connectivity index (χ2n) is 5.92. The molecular formula is C17H24N2O5. The lowest BCUT2D eigenvalue weighted by atomic mass is 10.0. The van der Waals surface area contributed by atoms with Gasteiger partial charge in [0.2, 0.25) is 5.91 Å². The molecule has 0 fully saturated rings. The zero-order chi connectivity index (χ0) is 18.3. The Labute approximate surface area is 141 Å². The third-order valence-electron chi connectivity index (χ3n) is 3.46. The van der Waals surface area contributed by atoms with E-state index in [1.165, 1.54) is 7.11 Å². The minimum absolute atomic E-state index is 0.155. The summed E-state index contributed by atoms with van der Waals surface area (Å²) in [6.45, 7) is 5.25. The van der Waals surface area contributed by atoms with Gasteiger partial charge in [-0.1, -0.05) is 31.5 Å². The van der Waals surface area contributed by atoms with Crippen molar-refractivity contribution in [1.82, 2.24) is 10.6 Å². The van der Waals surface area contributed by atoms with Crippen LogP contribution in [0.25, 0.3) is 0 Å². The lowest BCUT2D eigenvalue weighted by Crippen LogP contribution is -2.54. The summed E-state index contributed by atoms with van der Waals surface area (Å²) in [6, 6.07) is 4.98. The molecule has 24 heavy (non-hydrogen) atoms. The Balaban J connectivity index is 2.84. The highest BCUT2D eigenvalue weighted by Crippen LogP contribution is 2.08. The van der Waals surface area contributed by atoms with Crippen molar-refractivity contribution in [3.05, 3.63) is 35.4 Å². The van der Waals surface area contributed by atoms with Gasteiger partial charge < -0.3 is 20.5 Å². The van der Waals surface area contributed by atoms with Gasteiger partial charge in [0.05, 0.1) is 6.61 Å². The lowest BCUT2D eigenvalue weighted by Gasteiger charge is -2.24. The van der Waals surface area contributed by atoms with Gasteiger partial charge in [0.15, 0.2) is 6.04 Å². The van der Waals surface area contributed by atoms with Crippen LogP contribution in [0.5, 0.6) is 0 Å². The molecule has 0 aliphatic heterocycles. The predicted molar refractivity (Wildman–Crippen MR) is 88.7 cm³/mol. The van der Waals surface area contributed by atoms with Crippen LogP contribution in [0.1, 0.15) is 29.8 Å². The third kappa shape index (κ3) is 5.66. The number of nitrogens with one attached hydrogen (secondary N) is 2. The highest BCUT2D eigenvalue weighted by Gasteiger charge is 2.28. The molecule has 0 aromatic heterocycles. The van der Waals surface area contributed by atoms with E-state index in [1.54, 1.807) is 32.0 Å². The van der Waals surface area contributed by atoms with Gasteiger partial charge in [0, 0.05) is 12.7 Å². The number of carboxylic acids is 1. The molecule has 0 bridgehead atoms. The Hall–Kier alpha value is -2.41. The molecule has 0 radical (unpaired) electrons. The Bertz CT molecular complexity index is 600. The van der Waals surface area contributed by atoms with Gasteiger partial charge in [0.1, 0.15) is 6.04 Å². The number of rotatable bonds is 8. The molecule has 2 unspecified atom stereocenters. The topological polar surface area (TPSA) is 105 Å². The fourth-order valence-corrected chi connectivity index (χ4v) is 2.15. The number of benzene rings is 1. The molecular weight excluding hydrogens is 312 g/mol. The molecule has 0 spiro atoms. The summed E-state index contributed by atoms with van der Waals surface area (Å²) in [5.41, 5.74) is 1.37.